The van der Waals surface area contributed by atoms with Gasteiger partial charge in [-0.1, -0.05) is 19.1 Å². The minimum Gasteiger partial charge on any atom is -0.349 e. The van der Waals surface area contributed by atoms with E-state index in [1.54, 1.807) is 0 Å². The number of tetrazole rings is 1. The van der Waals surface area contributed by atoms with E-state index in [1.807, 2.05) is 13.8 Å². The highest BCUT2D eigenvalue weighted by Gasteiger charge is 2.05. The molecule has 0 saturated carbocycles. The highest BCUT2D eigenvalue weighted by Crippen LogP contribution is 1.98. The van der Waals surface area contributed by atoms with Crippen molar-refractivity contribution < 1.29 is 4.79 Å². The van der Waals surface area contributed by atoms with Gasteiger partial charge in [-0.3, -0.25) is 4.79 Å². The van der Waals surface area contributed by atoms with E-state index < -0.39 is 0 Å². The number of nitrogens with zero attached hydrogens (tertiary/aromatic N) is 3. The minimum absolute atomic E-state index is 0.0137. The van der Waals surface area contributed by atoms with Crippen LogP contribution in [0.25, 0.3) is 0 Å². The molecule has 0 saturated heterocycles. The second kappa shape index (κ2) is 4.54. The summed E-state index contributed by atoms with van der Waals surface area (Å²) in [6, 6.07) is 0. The van der Waals surface area contributed by atoms with Crippen molar-refractivity contribution in [1.82, 2.24) is 25.9 Å². The Hall–Kier alpha value is -1.46. The molecule has 0 aliphatic rings. The molecule has 2 N–H and O–H groups in total. The van der Waals surface area contributed by atoms with Crippen molar-refractivity contribution in [3.05, 3.63) is 5.82 Å². The van der Waals surface area contributed by atoms with Gasteiger partial charge in [-0.05, 0) is 5.92 Å². The van der Waals surface area contributed by atoms with Gasteiger partial charge in [-0.2, -0.15) is 5.21 Å². The Bertz CT molecular complexity index is 256. The second-order valence-corrected chi connectivity index (χ2v) is 3.20. The van der Waals surface area contributed by atoms with Crippen molar-refractivity contribution in [3.63, 3.8) is 0 Å². The summed E-state index contributed by atoms with van der Waals surface area (Å²) < 4.78 is 0. The molecule has 1 aromatic heterocycles. The van der Waals surface area contributed by atoms with Gasteiger partial charge >= 0.3 is 0 Å². The van der Waals surface area contributed by atoms with Crippen LogP contribution < -0.4 is 5.32 Å². The van der Waals surface area contributed by atoms with Crippen molar-refractivity contribution in [2.24, 2.45) is 5.92 Å². The van der Waals surface area contributed by atoms with E-state index in [2.05, 4.69) is 25.9 Å². The Morgan fingerprint density at radius 2 is 2.38 bits per heavy atom. The van der Waals surface area contributed by atoms with E-state index in [0.29, 0.717) is 24.7 Å². The maximum Gasteiger partial charge on any atom is 0.220 e. The number of carbonyl (C=O) groups excluding carboxylic acids is 1. The third kappa shape index (κ3) is 3.64. The Balaban J connectivity index is 2.23. The van der Waals surface area contributed by atoms with Crippen LogP contribution in [0.2, 0.25) is 0 Å². The monoisotopic (exact) mass is 183 g/mol. The van der Waals surface area contributed by atoms with E-state index in [-0.39, 0.29) is 5.91 Å². The molecule has 0 spiro atoms. The quantitative estimate of drug-likeness (QED) is 0.680. The van der Waals surface area contributed by atoms with Crippen molar-refractivity contribution in [2.75, 3.05) is 0 Å². The van der Waals surface area contributed by atoms with Crippen LogP contribution in [0.4, 0.5) is 0 Å². The molecule has 0 unspecified atom stereocenters. The molecule has 1 heterocycles. The first-order valence-electron chi connectivity index (χ1n) is 4.17. The zero-order valence-corrected chi connectivity index (χ0v) is 7.74. The molecule has 0 fully saturated rings. The maximum atomic E-state index is 11.2. The van der Waals surface area contributed by atoms with Gasteiger partial charge in [-0.15, -0.1) is 10.2 Å². The van der Waals surface area contributed by atoms with Crippen LogP contribution in [0.5, 0.6) is 0 Å². The van der Waals surface area contributed by atoms with Crippen LogP contribution >= 0.6 is 0 Å². The summed E-state index contributed by atoms with van der Waals surface area (Å²) in [7, 11) is 0. The molecule has 1 rings (SSSR count). The van der Waals surface area contributed by atoms with Gasteiger partial charge < -0.3 is 5.32 Å². The van der Waals surface area contributed by atoms with E-state index in [9.17, 15) is 4.79 Å². The molecule has 0 atom stereocenters. The van der Waals surface area contributed by atoms with Gasteiger partial charge in [0.1, 0.15) is 0 Å². The molecule has 0 aromatic carbocycles. The molecule has 72 valence electrons. The first-order chi connectivity index (χ1) is 6.18. The number of nitrogens with one attached hydrogen (secondary N) is 2. The number of aromatic amines is 1. The lowest BCUT2D eigenvalue weighted by Gasteiger charge is -2.03. The van der Waals surface area contributed by atoms with Crippen LogP contribution in [0, 0.1) is 5.92 Å². The molecule has 1 amide bonds. The molecule has 1 aromatic rings. The average molecular weight is 183 g/mol. The fourth-order valence-corrected chi connectivity index (χ4v) is 0.878. The number of hydrogen-bond donors (Lipinski definition) is 2. The lowest BCUT2D eigenvalue weighted by molar-refractivity contribution is -0.121. The fourth-order valence-electron chi connectivity index (χ4n) is 0.878. The van der Waals surface area contributed by atoms with Gasteiger partial charge in [0.2, 0.25) is 5.91 Å². The summed E-state index contributed by atoms with van der Waals surface area (Å²) in [4.78, 5) is 11.2. The molecule has 0 radical (unpaired) electrons. The molecule has 0 aliphatic heterocycles. The number of amides is 1. The third-order valence-electron chi connectivity index (χ3n) is 1.43. The van der Waals surface area contributed by atoms with Crippen LogP contribution in [-0.4, -0.2) is 26.5 Å². The largest absolute Gasteiger partial charge is 0.349 e. The summed E-state index contributed by atoms with van der Waals surface area (Å²) in [5, 5.41) is 15.8. The van der Waals surface area contributed by atoms with Crippen LogP contribution in [0.3, 0.4) is 0 Å². The van der Waals surface area contributed by atoms with Gasteiger partial charge in [0.15, 0.2) is 5.82 Å². The molecule has 6 nitrogen and oxygen atoms in total. The molecular weight excluding hydrogens is 170 g/mol. The van der Waals surface area contributed by atoms with Crippen molar-refractivity contribution in [3.8, 4) is 0 Å². The fraction of sp³-hybridized carbons (Fsp3) is 0.714. The minimum atomic E-state index is 0.0137. The summed E-state index contributed by atoms with van der Waals surface area (Å²) in [5.74, 6) is 0.877. The van der Waals surface area contributed by atoms with Gasteiger partial charge in [0, 0.05) is 6.42 Å². The van der Waals surface area contributed by atoms with Gasteiger partial charge in [-0.25, -0.2) is 0 Å². The highest BCUT2D eigenvalue weighted by molar-refractivity contribution is 5.75. The van der Waals surface area contributed by atoms with Gasteiger partial charge in [0.25, 0.3) is 0 Å². The summed E-state index contributed by atoms with van der Waals surface area (Å²) in [6.07, 6.45) is 0.526. The second-order valence-electron chi connectivity index (χ2n) is 3.20. The lowest BCUT2D eigenvalue weighted by atomic mass is 10.1. The predicted octanol–water partition coefficient (Wildman–Crippen LogP) is -0.138. The lowest BCUT2D eigenvalue weighted by Crippen LogP contribution is -2.24. The van der Waals surface area contributed by atoms with Gasteiger partial charge in [0.05, 0.1) is 6.54 Å². The van der Waals surface area contributed by atoms with Crippen LogP contribution in [0.1, 0.15) is 26.1 Å². The first-order valence-corrected chi connectivity index (χ1v) is 4.17. The number of aromatic nitrogens is 4. The van der Waals surface area contributed by atoms with E-state index >= 15 is 0 Å². The van der Waals surface area contributed by atoms with Crippen molar-refractivity contribution in [1.29, 1.82) is 0 Å². The zero-order valence-electron chi connectivity index (χ0n) is 7.74. The molecule has 6 heteroatoms. The standard InChI is InChI=1S/C7H13N5O/c1-5(2)3-7(13)8-4-6-9-11-12-10-6/h5H,3-4H2,1-2H3,(H,8,13)(H,9,10,11,12). The van der Waals surface area contributed by atoms with E-state index in [4.69, 9.17) is 0 Å². The summed E-state index contributed by atoms with van der Waals surface area (Å²) >= 11 is 0. The number of H-pyrrole nitrogens is 1. The van der Waals surface area contributed by atoms with Crippen molar-refractivity contribution >= 4 is 5.91 Å². The molecule has 0 bridgehead atoms. The summed E-state index contributed by atoms with van der Waals surface area (Å²) in [5.41, 5.74) is 0. The Labute approximate surface area is 76.1 Å². The Morgan fingerprint density at radius 3 is 2.92 bits per heavy atom. The van der Waals surface area contributed by atoms with E-state index in [0.717, 1.165) is 0 Å². The number of carbonyl (C=O) groups is 1. The summed E-state index contributed by atoms with van der Waals surface area (Å²) in [6.45, 7) is 4.32. The zero-order chi connectivity index (χ0) is 9.68. The van der Waals surface area contributed by atoms with Crippen molar-refractivity contribution in [2.45, 2.75) is 26.8 Å². The SMILES string of the molecule is CC(C)CC(=O)NCc1nn[nH]n1. The van der Waals surface area contributed by atoms with Crippen LogP contribution in [-0.2, 0) is 11.3 Å². The molecule has 13 heavy (non-hydrogen) atoms. The Morgan fingerprint density at radius 1 is 1.62 bits per heavy atom. The normalized spacial score (nSPS) is 10.4. The van der Waals surface area contributed by atoms with Crippen LogP contribution in [0.15, 0.2) is 0 Å². The topological polar surface area (TPSA) is 83.6 Å². The maximum absolute atomic E-state index is 11.2. The highest BCUT2D eigenvalue weighted by atomic mass is 16.1. The smallest absolute Gasteiger partial charge is 0.220 e. The van der Waals surface area contributed by atoms with E-state index in [1.165, 1.54) is 0 Å². The predicted molar refractivity (Wildman–Crippen MR) is 45.5 cm³/mol. The third-order valence-corrected chi connectivity index (χ3v) is 1.43. The average Bonchev–Trinajstić information content (AvgIpc) is 2.51. The molecular formula is C7H13N5O. The first kappa shape index (κ1) is 9.63. The Kier molecular flexibility index (Phi) is 3.36. The number of rotatable bonds is 4. The number of hydrogen-bond acceptors (Lipinski definition) is 4. The molecule has 0 aliphatic carbocycles.